The van der Waals surface area contributed by atoms with Crippen LogP contribution in [0, 0.1) is 0 Å². The van der Waals surface area contributed by atoms with Crippen LogP contribution in [0.15, 0.2) is 42.7 Å². The van der Waals surface area contributed by atoms with Crippen LogP contribution >= 0.6 is 11.9 Å². The molecule has 0 saturated heterocycles. The molecule has 8 nitrogen and oxygen atoms in total. The summed E-state index contributed by atoms with van der Waals surface area (Å²) >= 11 is 1.39. The highest BCUT2D eigenvalue weighted by atomic mass is 32.2. The van der Waals surface area contributed by atoms with Crippen molar-refractivity contribution in [2.24, 2.45) is 0 Å². The summed E-state index contributed by atoms with van der Waals surface area (Å²) in [4.78, 5) is 39.9. The smallest absolute Gasteiger partial charge is 0.340 e. The van der Waals surface area contributed by atoms with Gasteiger partial charge < -0.3 is 19.5 Å². The molecule has 1 aromatic heterocycles. The zero-order valence-electron chi connectivity index (χ0n) is 14.9. The molecule has 0 bridgehead atoms. The lowest BCUT2D eigenvalue weighted by atomic mass is 10.2. The number of carbonyl (C=O) groups is 3. The standard InChI is InChI=1S/C18H19N3O5S/c1-3-25-18(24)14-7-8-19-10-15(14)20-16(22)11-26-17(23)12-5-4-6-13(9-12)21-27-2/h4-10,21H,3,11H2,1-2H3,(H,20,22). The van der Waals surface area contributed by atoms with Gasteiger partial charge >= 0.3 is 11.9 Å². The lowest BCUT2D eigenvalue weighted by Gasteiger charge is -2.10. The van der Waals surface area contributed by atoms with E-state index in [2.05, 4.69) is 15.0 Å². The van der Waals surface area contributed by atoms with Gasteiger partial charge in [0.1, 0.15) is 0 Å². The number of rotatable bonds is 8. The van der Waals surface area contributed by atoms with Crippen LogP contribution in [-0.4, -0.2) is 42.3 Å². The molecular formula is C18H19N3O5S. The van der Waals surface area contributed by atoms with Crippen molar-refractivity contribution in [3.63, 3.8) is 0 Å². The molecule has 0 fully saturated rings. The second-order valence-corrected chi connectivity index (χ2v) is 5.77. The summed E-state index contributed by atoms with van der Waals surface area (Å²) in [5, 5.41) is 2.49. The number of aromatic nitrogens is 1. The van der Waals surface area contributed by atoms with E-state index in [0.717, 1.165) is 5.69 Å². The molecule has 2 N–H and O–H groups in total. The number of esters is 2. The lowest BCUT2D eigenvalue weighted by molar-refractivity contribution is -0.119. The van der Waals surface area contributed by atoms with Gasteiger partial charge in [0.15, 0.2) is 6.61 Å². The van der Waals surface area contributed by atoms with Crippen molar-refractivity contribution in [3.8, 4) is 0 Å². The van der Waals surface area contributed by atoms with Crippen LogP contribution in [-0.2, 0) is 14.3 Å². The summed E-state index contributed by atoms with van der Waals surface area (Å²) in [6, 6.07) is 8.15. The van der Waals surface area contributed by atoms with Crippen LogP contribution < -0.4 is 10.0 Å². The molecule has 142 valence electrons. The molecule has 0 saturated carbocycles. The number of ether oxygens (including phenoxy) is 2. The number of nitrogens with one attached hydrogen (secondary N) is 2. The first-order valence-corrected chi connectivity index (χ1v) is 9.24. The van der Waals surface area contributed by atoms with E-state index in [1.165, 1.54) is 30.4 Å². The fourth-order valence-corrected chi connectivity index (χ4v) is 2.47. The van der Waals surface area contributed by atoms with Crippen LogP contribution in [0.3, 0.4) is 0 Å². The minimum absolute atomic E-state index is 0.169. The number of amides is 1. The minimum Gasteiger partial charge on any atom is -0.462 e. The van der Waals surface area contributed by atoms with E-state index in [-0.39, 0.29) is 17.9 Å². The highest BCUT2D eigenvalue weighted by molar-refractivity contribution is 7.99. The highest BCUT2D eigenvalue weighted by Gasteiger charge is 2.16. The Bertz CT molecular complexity index is 828. The van der Waals surface area contributed by atoms with Gasteiger partial charge in [0.25, 0.3) is 5.91 Å². The fraction of sp³-hybridized carbons (Fsp3) is 0.222. The Hall–Kier alpha value is -3.07. The first kappa shape index (κ1) is 20.2. The van der Waals surface area contributed by atoms with Gasteiger partial charge in [-0.05, 0) is 31.2 Å². The molecule has 0 aliphatic heterocycles. The average Bonchev–Trinajstić information content (AvgIpc) is 2.67. The van der Waals surface area contributed by atoms with E-state index in [1.54, 1.807) is 31.2 Å². The Kier molecular flexibility index (Phi) is 7.63. The fourth-order valence-electron chi connectivity index (χ4n) is 2.11. The molecular weight excluding hydrogens is 370 g/mol. The molecule has 1 amide bonds. The third kappa shape index (κ3) is 6.00. The van der Waals surface area contributed by atoms with E-state index in [4.69, 9.17) is 9.47 Å². The number of carbonyl (C=O) groups excluding carboxylic acids is 3. The first-order chi connectivity index (χ1) is 13.0. The number of hydrogen-bond donors (Lipinski definition) is 2. The van der Waals surface area contributed by atoms with Crippen LogP contribution in [0.5, 0.6) is 0 Å². The number of anilines is 2. The van der Waals surface area contributed by atoms with Gasteiger partial charge in [0, 0.05) is 18.1 Å². The molecule has 0 aliphatic rings. The average molecular weight is 389 g/mol. The maximum atomic E-state index is 12.1. The molecule has 1 heterocycles. The maximum absolute atomic E-state index is 12.1. The van der Waals surface area contributed by atoms with E-state index >= 15 is 0 Å². The Balaban J connectivity index is 1.96. The molecule has 9 heteroatoms. The Morgan fingerprint density at radius 1 is 1.15 bits per heavy atom. The SMILES string of the molecule is CCOC(=O)c1ccncc1NC(=O)COC(=O)c1cccc(NSC)c1. The number of benzene rings is 1. The second kappa shape index (κ2) is 10.2. The molecule has 27 heavy (non-hydrogen) atoms. The van der Waals surface area contributed by atoms with Crippen molar-refractivity contribution in [2.45, 2.75) is 6.92 Å². The topological polar surface area (TPSA) is 107 Å². The Morgan fingerprint density at radius 2 is 1.96 bits per heavy atom. The largest absolute Gasteiger partial charge is 0.462 e. The van der Waals surface area contributed by atoms with Crippen LogP contribution in [0.4, 0.5) is 11.4 Å². The molecule has 2 aromatic rings. The summed E-state index contributed by atoms with van der Waals surface area (Å²) in [7, 11) is 0. The third-order valence-corrected chi connectivity index (χ3v) is 3.68. The number of nitrogens with zero attached hydrogens (tertiary/aromatic N) is 1. The van der Waals surface area contributed by atoms with Gasteiger partial charge in [-0.25, -0.2) is 9.59 Å². The minimum atomic E-state index is -0.633. The molecule has 0 atom stereocenters. The summed E-state index contributed by atoms with van der Waals surface area (Å²) in [5.74, 6) is -1.81. The van der Waals surface area contributed by atoms with Gasteiger partial charge in [-0.1, -0.05) is 18.0 Å². The van der Waals surface area contributed by atoms with E-state index in [0.29, 0.717) is 5.56 Å². The van der Waals surface area contributed by atoms with Crippen molar-refractivity contribution in [1.29, 1.82) is 0 Å². The van der Waals surface area contributed by atoms with Crippen LogP contribution in [0.1, 0.15) is 27.6 Å². The molecule has 0 radical (unpaired) electrons. The van der Waals surface area contributed by atoms with Gasteiger partial charge in [0.2, 0.25) is 0 Å². The summed E-state index contributed by atoms with van der Waals surface area (Å²) in [6.45, 7) is 1.38. The second-order valence-electron chi connectivity index (χ2n) is 5.15. The molecule has 2 rings (SSSR count). The van der Waals surface area contributed by atoms with Crippen molar-refractivity contribution >= 4 is 41.2 Å². The summed E-state index contributed by atoms with van der Waals surface area (Å²) < 4.78 is 13.0. The maximum Gasteiger partial charge on any atom is 0.340 e. The van der Waals surface area contributed by atoms with Crippen molar-refractivity contribution in [1.82, 2.24) is 4.98 Å². The predicted molar refractivity (Wildman–Crippen MR) is 103 cm³/mol. The van der Waals surface area contributed by atoms with Crippen molar-refractivity contribution in [2.75, 3.05) is 29.5 Å². The zero-order valence-corrected chi connectivity index (χ0v) is 15.7. The molecule has 0 unspecified atom stereocenters. The van der Waals surface area contributed by atoms with Gasteiger partial charge in [-0.3, -0.25) is 9.78 Å². The monoisotopic (exact) mass is 389 g/mol. The van der Waals surface area contributed by atoms with Crippen molar-refractivity contribution < 1.29 is 23.9 Å². The molecule has 1 aromatic carbocycles. The van der Waals surface area contributed by atoms with Crippen molar-refractivity contribution in [3.05, 3.63) is 53.9 Å². The molecule has 0 aliphatic carbocycles. The summed E-state index contributed by atoms with van der Waals surface area (Å²) in [6.07, 6.45) is 4.60. The quantitative estimate of drug-likeness (QED) is 0.524. The van der Waals surface area contributed by atoms with E-state index < -0.39 is 24.5 Å². The van der Waals surface area contributed by atoms with Gasteiger partial charge in [-0.15, -0.1) is 0 Å². The van der Waals surface area contributed by atoms with E-state index in [9.17, 15) is 14.4 Å². The van der Waals surface area contributed by atoms with Gasteiger partial charge in [-0.2, -0.15) is 0 Å². The lowest BCUT2D eigenvalue weighted by Crippen LogP contribution is -2.22. The van der Waals surface area contributed by atoms with Gasteiger partial charge in [0.05, 0.1) is 29.6 Å². The normalized spacial score (nSPS) is 10.0. The van der Waals surface area contributed by atoms with Crippen LogP contribution in [0.2, 0.25) is 0 Å². The Labute approximate surface area is 160 Å². The van der Waals surface area contributed by atoms with E-state index in [1.807, 2.05) is 6.26 Å². The molecule has 0 spiro atoms. The van der Waals surface area contributed by atoms with Crippen LogP contribution in [0.25, 0.3) is 0 Å². The first-order valence-electron chi connectivity index (χ1n) is 8.02. The summed E-state index contributed by atoms with van der Waals surface area (Å²) in [5.41, 5.74) is 1.41. The number of hydrogen-bond acceptors (Lipinski definition) is 8. The predicted octanol–water partition coefficient (Wildman–Crippen LogP) is 2.74. The highest BCUT2D eigenvalue weighted by Crippen LogP contribution is 2.16. The Morgan fingerprint density at radius 3 is 2.70 bits per heavy atom. The number of pyridine rings is 1. The third-order valence-electron chi connectivity index (χ3n) is 3.24. The zero-order chi connectivity index (χ0) is 19.6.